The van der Waals surface area contributed by atoms with Gasteiger partial charge in [-0.1, -0.05) is 24.3 Å². The standard InChI is InChI=1S/C15H19N3O3S2/c1-16-14(19)9-15-18-13(10-22-15)12-5-3-11(4-6-12)7-8-17-23(2,20)21/h3-6,10,17H,7-9H2,1-2H3,(H,16,19). The van der Waals surface area contributed by atoms with Crippen LogP contribution in [0.5, 0.6) is 0 Å². The minimum Gasteiger partial charge on any atom is -0.359 e. The van der Waals surface area contributed by atoms with Crippen LogP contribution in [0.4, 0.5) is 0 Å². The predicted octanol–water partition coefficient (Wildman–Crippen LogP) is 1.19. The second kappa shape index (κ2) is 7.67. The van der Waals surface area contributed by atoms with E-state index in [0.717, 1.165) is 28.1 Å². The third kappa shape index (κ3) is 5.74. The summed E-state index contributed by atoms with van der Waals surface area (Å²) in [6, 6.07) is 7.82. The Kier molecular flexibility index (Phi) is 5.86. The summed E-state index contributed by atoms with van der Waals surface area (Å²) in [7, 11) is -1.54. The number of hydrogen-bond donors (Lipinski definition) is 2. The molecule has 0 aliphatic carbocycles. The van der Waals surface area contributed by atoms with Crippen LogP contribution in [0.15, 0.2) is 29.6 Å². The zero-order valence-electron chi connectivity index (χ0n) is 13.0. The summed E-state index contributed by atoms with van der Waals surface area (Å²) in [6.07, 6.45) is 2.07. The number of rotatable bonds is 7. The summed E-state index contributed by atoms with van der Waals surface area (Å²) in [6.45, 7) is 0.380. The van der Waals surface area contributed by atoms with E-state index in [1.807, 2.05) is 29.6 Å². The van der Waals surface area contributed by atoms with Gasteiger partial charge >= 0.3 is 0 Å². The molecule has 6 nitrogen and oxygen atoms in total. The summed E-state index contributed by atoms with van der Waals surface area (Å²) < 4.78 is 24.5. The van der Waals surface area contributed by atoms with Gasteiger partial charge in [0.15, 0.2) is 0 Å². The molecule has 0 spiro atoms. The number of carbonyl (C=O) groups is 1. The van der Waals surface area contributed by atoms with E-state index >= 15 is 0 Å². The first kappa shape index (κ1) is 17.6. The summed E-state index contributed by atoms with van der Waals surface area (Å²) in [4.78, 5) is 15.8. The molecule has 1 heterocycles. The quantitative estimate of drug-likeness (QED) is 0.783. The van der Waals surface area contributed by atoms with E-state index in [2.05, 4.69) is 15.0 Å². The molecule has 1 amide bonds. The van der Waals surface area contributed by atoms with Gasteiger partial charge in [-0.15, -0.1) is 11.3 Å². The van der Waals surface area contributed by atoms with Gasteiger partial charge in [0.2, 0.25) is 15.9 Å². The molecule has 0 bridgehead atoms. The first-order valence-electron chi connectivity index (χ1n) is 7.06. The zero-order valence-corrected chi connectivity index (χ0v) is 14.6. The molecule has 2 N–H and O–H groups in total. The molecule has 0 atom stereocenters. The van der Waals surface area contributed by atoms with Crippen LogP contribution < -0.4 is 10.0 Å². The molecule has 0 fully saturated rings. The van der Waals surface area contributed by atoms with Crippen molar-refractivity contribution in [2.75, 3.05) is 19.8 Å². The Morgan fingerprint density at radius 2 is 1.96 bits per heavy atom. The molecule has 0 radical (unpaired) electrons. The molecule has 1 aromatic carbocycles. The van der Waals surface area contributed by atoms with Crippen molar-refractivity contribution in [3.63, 3.8) is 0 Å². The van der Waals surface area contributed by atoms with Crippen LogP contribution in [0.3, 0.4) is 0 Å². The highest BCUT2D eigenvalue weighted by Gasteiger charge is 2.08. The maximum Gasteiger partial charge on any atom is 0.226 e. The van der Waals surface area contributed by atoms with Crippen LogP contribution in [0.1, 0.15) is 10.6 Å². The normalized spacial score (nSPS) is 11.4. The Hall–Kier alpha value is -1.77. The molecule has 0 unspecified atom stereocenters. The van der Waals surface area contributed by atoms with Gasteiger partial charge in [-0.3, -0.25) is 4.79 Å². The first-order valence-corrected chi connectivity index (χ1v) is 9.83. The lowest BCUT2D eigenvalue weighted by Crippen LogP contribution is -2.24. The molecule has 23 heavy (non-hydrogen) atoms. The van der Waals surface area contributed by atoms with Gasteiger partial charge < -0.3 is 5.32 Å². The number of aromatic nitrogens is 1. The molecular weight excluding hydrogens is 334 g/mol. The number of carbonyl (C=O) groups excluding carboxylic acids is 1. The average Bonchev–Trinajstić information content (AvgIpc) is 2.95. The van der Waals surface area contributed by atoms with Gasteiger partial charge in [-0.05, 0) is 12.0 Å². The minimum atomic E-state index is -3.15. The molecule has 0 saturated carbocycles. The second-order valence-corrected chi connectivity index (χ2v) is 7.87. The molecule has 1 aromatic heterocycles. The number of benzene rings is 1. The van der Waals surface area contributed by atoms with Crippen molar-refractivity contribution >= 4 is 27.3 Å². The highest BCUT2D eigenvalue weighted by molar-refractivity contribution is 7.88. The van der Waals surface area contributed by atoms with Crippen molar-refractivity contribution in [2.45, 2.75) is 12.8 Å². The van der Waals surface area contributed by atoms with E-state index in [0.29, 0.717) is 13.0 Å². The van der Waals surface area contributed by atoms with Crippen LogP contribution in [0.2, 0.25) is 0 Å². The van der Waals surface area contributed by atoms with Gasteiger partial charge in [0, 0.05) is 24.5 Å². The second-order valence-electron chi connectivity index (χ2n) is 5.09. The molecule has 8 heteroatoms. The number of nitrogens with one attached hydrogen (secondary N) is 2. The van der Waals surface area contributed by atoms with Crippen molar-refractivity contribution < 1.29 is 13.2 Å². The Morgan fingerprint density at radius 1 is 1.26 bits per heavy atom. The van der Waals surface area contributed by atoms with E-state index in [-0.39, 0.29) is 12.3 Å². The fourth-order valence-electron chi connectivity index (χ4n) is 1.97. The predicted molar refractivity (Wildman–Crippen MR) is 91.9 cm³/mol. The van der Waals surface area contributed by atoms with Gasteiger partial charge in [0.1, 0.15) is 5.01 Å². The van der Waals surface area contributed by atoms with Crippen LogP contribution in [0, 0.1) is 0 Å². The molecule has 2 rings (SSSR count). The minimum absolute atomic E-state index is 0.0559. The summed E-state index contributed by atoms with van der Waals surface area (Å²) in [5.41, 5.74) is 2.87. The van der Waals surface area contributed by atoms with E-state index in [4.69, 9.17) is 0 Å². The SMILES string of the molecule is CNC(=O)Cc1nc(-c2ccc(CCNS(C)(=O)=O)cc2)cs1. The van der Waals surface area contributed by atoms with Crippen molar-refractivity contribution in [3.05, 3.63) is 40.2 Å². The zero-order chi connectivity index (χ0) is 16.9. The highest BCUT2D eigenvalue weighted by Crippen LogP contribution is 2.22. The number of amides is 1. The third-order valence-corrected chi connectivity index (χ3v) is 4.75. The summed E-state index contributed by atoms with van der Waals surface area (Å²) in [5, 5.41) is 5.29. The molecule has 0 aliphatic heterocycles. The van der Waals surface area contributed by atoms with E-state index < -0.39 is 10.0 Å². The van der Waals surface area contributed by atoms with Gasteiger partial charge in [-0.2, -0.15) is 0 Å². The maximum absolute atomic E-state index is 11.3. The Labute approximate surface area is 140 Å². The smallest absolute Gasteiger partial charge is 0.226 e. The van der Waals surface area contributed by atoms with E-state index in [1.54, 1.807) is 7.05 Å². The Morgan fingerprint density at radius 3 is 2.57 bits per heavy atom. The molecule has 124 valence electrons. The number of hydrogen-bond acceptors (Lipinski definition) is 5. The lowest BCUT2D eigenvalue weighted by molar-refractivity contribution is -0.119. The lowest BCUT2D eigenvalue weighted by atomic mass is 10.1. The third-order valence-electron chi connectivity index (χ3n) is 3.17. The van der Waals surface area contributed by atoms with Crippen molar-refractivity contribution in [1.29, 1.82) is 0 Å². The fraction of sp³-hybridized carbons (Fsp3) is 0.333. The van der Waals surface area contributed by atoms with E-state index in [9.17, 15) is 13.2 Å². The number of likely N-dealkylation sites (N-methyl/N-ethyl adjacent to an activating group) is 1. The monoisotopic (exact) mass is 353 g/mol. The highest BCUT2D eigenvalue weighted by atomic mass is 32.2. The van der Waals surface area contributed by atoms with Crippen molar-refractivity contribution in [1.82, 2.24) is 15.0 Å². The lowest BCUT2D eigenvalue weighted by Gasteiger charge is -2.04. The molecule has 0 aliphatic rings. The maximum atomic E-state index is 11.3. The number of sulfonamides is 1. The largest absolute Gasteiger partial charge is 0.359 e. The van der Waals surface area contributed by atoms with Gasteiger partial charge in [-0.25, -0.2) is 18.1 Å². The van der Waals surface area contributed by atoms with Crippen LogP contribution in [-0.4, -0.2) is 39.2 Å². The van der Waals surface area contributed by atoms with Crippen LogP contribution in [-0.2, 0) is 27.7 Å². The number of thiazole rings is 1. The summed E-state index contributed by atoms with van der Waals surface area (Å²) in [5.74, 6) is -0.0559. The summed E-state index contributed by atoms with van der Waals surface area (Å²) >= 11 is 1.46. The molecule has 0 saturated heterocycles. The average molecular weight is 353 g/mol. The van der Waals surface area contributed by atoms with Crippen LogP contribution >= 0.6 is 11.3 Å². The van der Waals surface area contributed by atoms with Gasteiger partial charge in [0.25, 0.3) is 0 Å². The molecular formula is C15H19N3O3S2. The fourth-order valence-corrected chi connectivity index (χ4v) is 3.25. The Bertz CT molecular complexity index is 768. The van der Waals surface area contributed by atoms with Crippen LogP contribution in [0.25, 0.3) is 11.3 Å². The van der Waals surface area contributed by atoms with Gasteiger partial charge in [0.05, 0.1) is 18.4 Å². The first-order chi connectivity index (χ1) is 10.9. The number of nitrogens with zero attached hydrogens (tertiary/aromatic N) is 1. The van der Waals surface area contributed by atoms with Crippen molar-refractivity contribution in [2.24, 2.45) is 0 Å². The topological polar surface area (TPSA) is 88.2 Å². The van der Waals surface area contributed by atoms with E-state index in [1.165, 1.54) is 11.3 Å². The Balaban J connectivity index is 1.98. The molecule has 2 aromatic rings. The van der Waals surface area contributed by atoms with Crippen molar-refractivity contribution in [3.8, 4) is 11.3 Å².